The number of carboxylic acid groups (broad SMARTS) is 3. The van der Waals surface area contributed by atoms with Gasteiger partial charge in [-0.05, 0) is 51.5 Å². The van der Waals surface area contributed by atoms with Gasteiger partial charge in [0, 0.05) is 18.6 Å². The molecule has 0 aliphatic carbocycles. The second-order valence-corrected chi connectivity index (χ2v) is 13.6. The SMILES string of the molecule is CC[C@H](C)[C@H](NC(=O)[C@@H](N)[C@@H](C)O)C(=O)N[C@@H](CC(N)=O)C(=O)N[C@@H](CCC(=O)O)C(=O)N[C@@H](CCC(=O)O)C(=O)N[C@@H](CCCCN)C(=O)N[C@@H](CS)C(=O)O. The number of nitrogens with one attached hydrogen (secondary N) is 6. The highest BCUT2D eigenvalue weighted by Gasteiger charge is 2.35. The first-order valence-electron chi connectivity index (χ1n) is 18.1. The first kappa shape index (κ1) is 51.9. The zero-order valence-electron chi connectivity index (χ0n) is 32.0. The van der Waals surface area contributed by atoms with Gasteiger partial charge in [-0.2, -0.15) is 12.6 Å². The summed E-state index contributed by atoms with van der Waals surface area (Å²) >= 11 is 3.89. The minimum Gasteiger partial charge on any atom is -0.481 e. The highest BCUT2D eigenvalue weighted by Crippen LogP contribution is 2.11. The minimum atomic E-state index is -1.80. The van der Waals surface area contributed by atoms with E-state index in [1.807, 2.05) is 0 Å². The zero-order valence-corrected chi connectivity index (χ0v) is 32.9. The molecule has 0 aromatic heterocycles. The van der Waals surface area contributed by atoms with Crippen LogP contribution in [-0.4, -0.2) is 140 Å². The summed E-state index contributed by atoms with van der Waals surface area (Å²) in [5, 5.41) is 51.4. The number of nitrogens with two attached hydrogens (primary N) is 3. The molecule has 0 bridgehead atoms. The number of hydrogen-bond acceptors (Lipinski definition) is 14. The standard InChI is InChI=1S/C33H57N9O14S/c1-4-15(2)26(42-31(53)25(36)16(3)43)32(54)40-20(13-22(35)44)30(52)39-19(9-11-24(47)48)29(51)38-18(8-10-23(45)46)28(50)37-17(7-5-6-12-34)27(49)41-21(14-57)33(55)56/h15-21,25-26,43,57H,4-14,34,36H2,1-3H3,(H2,35,44)(H,37,50)(H,38,51)(H,39,52)(H,40,54)(H,41,49)(H,42,53)(H,45,46)(H,47,48)(H,55,56)/t15-,16+,17-,18-,19-,20-,21-,25-,26-/m0/s1. The Balaban J connectivity index is 6.52. The third-order valence-corrected chi connectivity index (χ3v) is 8.96. The van der Waals surface area contributed by atoms with Crippen LogP contribution >= 0.6 is 12.6 Å². The van der Waals surface area contributed by atoms with Crippen LogP contribution in [0.4, 0.5) is 0 Å². The summed E-state index contributed by atoms with van der Waals surface area (Å²) in [6.07, 6.45) is -3.80. The smallest absolute Gasteiger partial charge is 0.327 e. The van der Waals surface area contributed by atoms with Crippen LogP contribution in [-0.2, 0) is 47.9 Å². The van der Waals surface area contributed by atoms with Crippen molar-refractivity contribution < 1.29 is 68.4 Å². The van der Waals surface area contributed by atoms with Crippen molar-refractivity contribution in [3.05, 3.63) is 0 Å². The summed E-state index contributed by atoms with van der Waals surface area (Å²) < 4.78 is 0. The molecule has 0 rings (SSSR count). The predicted octanol–water partition coefficient (Wildman–Crippen LogP) is -4.60. The summed E-state index contributed by atoms with van der Waals surface area (Å²) in [6.45, 7) is 4.73. The molecule has 0 radical (unpaired) electrons. The molecule has 0 saturated heterocycles. The highest BCUT2D eigenvalue weighted by molar-refractivity contribution is 7.80. The summed E-state index contributed by atoms with van der Waals surface area (Å²) in [5.74, 6) is -12.5. The van der Waals surface area contributed by atoms with Gasteiger partial charge in [0.1, 0.15) is 42.3 Å². The number of thiol groups is 1. The fraction of sp³-hybridized carbons (Fsp3) is 0.697. The Morgan fingerprint density at radius 1 is 0.614 bits per heavy atom. The predicted molar refractivity (Wildman–Crippen MR) is 203 cm³/mol. The van der Waals surface area contributed by atoms with E-state index in [2.05, 4.69) is 44.5 Å². The van der Waals surface area contributed by atoms with E-state index in [-0.39, 0.29) is 25.1 Å². The van der Waals surface area contributed by atoms with Crippen LogP contribution in [0.3, 0.4) is 0 Å². The largest absolute Gasteiger partial charge is 0.481 e. The molecule has 324 valence electrons. The van der Waals surface area contributed by atoms with E-state index in [9.17, 15) is 68.4 Å². The Kier molecular flexibility index (Phi) is 24.3. The highest BCUT2D eigenvalue weighted by atomic mass is 32.1. The van der Waals surface area contributed by atoms with E-state index in [4.69, 9.17) is 17.2 Å². The molecule has 0 spiro atoms. The number of aliphatic hydroxyl groups is 1. The molecular weight excluding hydrogens is 778 g/mol. The third kappa shape index (κ3) is 20.1. The Morgan fingerprint density at radius 2 is 1.04 bits per heavy atom. The Labute approximate surface area is 334 Å². The monoisotopic (exact) mass is 835 g/mol. The quantitative estimate of drug-likeness (QED) is 0.0249. The van der Waals surface area contributed by atoms with Crippen molar-refractivity contribution in [3.63, 3.8) is 0 Å². The number of amides is 7. The van der Waals surface area contributed by atoms with Crippen LogP contribution in [0, 0.1) is 5.92 Å². The van der Waals surface area contributed by atoms with E-state index < -0.39 is 146 Å². The van der Waals surface area contributed by atoms with Gasteiger partial charge in [-0.25, -0.2) is 4.79 Å². The fourth-order valence-electron chi connectivity index (χ4n) is 4.95. The van der Waals surface area contributed by atoms with Gasteiger partial charge in [-0.3, -0.25) is 43.2 Å². The molecule has 0 saturated carbocycles. The number of unbranched alkanes of at least 4 members (excludes halogenated alkanes) is 1. The molecule has 0 aromatic rings. The summed E-state index contributed by atoms with van der Waals surface area (Å²) in [4.78, 5) is 126. The number of aliphatic hydroxyl groups excluding tert-OH is 1. The molecule has 0 aliphatic heterocycles. The van der Waals surface area contributed by atoms with Gasteiger partial charge >= 0.3 is 17.9 Å². The lowest BCUT2D eigenvalue weighted by Crippen LogP contribution is -2.61. The van der Waals surface area contributed by atoms with Crippen molar-refractivity contribution >= 4 is 71.9 Å². The maximum Gasteiger partial charge on any atom is 0.327 e. The topological polar surface area (TPSA) is 402 Å². The molecule has 0 unspecified atom stereocenters. The number of primary amides is 1. The van der Waals surface area contributed by atoms with Crippen LogP contribution in [0.1, 0.15) is 78.6 Å². The van der Waals surface area contributed by atoms with Crippen molar-refractivity contribution in [3.8, 4) is 0 Å². The first-order chi connectivity index (χ1) is 26.6. The lowest BCUT2D eigenvalue weighted by molar-refractivity contribution is -0.142. The number of rotatable bonds is 29. The summed E-state index contributed by atoms with van der Waals surface area (Å²) in [5.41, 5.74) is 16.5. The molecule has 16 N–H and O–H groups in total. The zero-order chi connectivity index (χ0) is 44.0. The van der Waals surface area contributed by atoms with Gasteiger partial charge in [0.25, 0.3) is 0 Å². The number of carbonyl (C=O) groups is 10. The molecule has 0 aliphatic rings. The molecule has 24 heteroatoms. The second-order valence-electron chi connectivity index (χ2n) is 13.3. The summed E-state index contributed by atoms with van der Waals surface area (Å²) in [6, 6.07) is -10.9. The number of carbonyl (C=O) groups excluding carboxylic acids is 7. The van der Waals surface area contributed by atoms with Gasteiger partial charge in [-0.15, -0.1) is 0 Å². The molecule has 7 amide bonds. The van der Waals surface area contributed by atoms with Gasteiger partial charge in [-0.1, -0.05) is 20.3 Å². The molecule has 0 aromatic carbocycles. The van der Waals surface area contributed by atoms with Gasteiger partial charge in [0.15, 0.2) is 0 Å². The maximum atomic E-state index is 13.6. The molecule has 0 fully saturated rings. The van der Waals surface area contributed by atoms with E-state index >= 15 is 0 Å². The molecule has 23 nitrogen and oxygen atoms in total. The maximum absolute atomic E-state index is 13.6. The molecular formula is C33H57N9O14S. The van der Waals surface area contributed by atoms with Crippen molar-refractivity contribution in [2.24, 2.45) is 23.1 Å². The fourth-order valence-corrected chi connectivity index (χ4v) is 5.20. The lowest BCUT2D eigenvalue weighted by Gasteiger charge is -2.28. The van der Waals surface area contributed by atoms with Crippen LogP contribution in [0.2, 0.25) is 0 Å². The first-order valence-corrected chi connectivity index (χ1v) is 18.7. The second kappa shape index (κ2) is 26.7. The van der Waals surface area contributed by atoms with Crippen molar-refractivity contribution in [1.82, 2.24) is 31.9 Å². The van der Waals surface area contributed by atoms with E-state index in [0.29, 0.717) is 12.8 Å². The number of carboxylic acids is 3. The van der Waals surface area contributed by atoms with Crippen LogP contribution in [0.15, 0.2) is 0 Å². The van der Waals surface area contributed by atoms with Crippen LogP contribution in [0.5, 0.6) is 0 Å². The molecule has 0 heterocycles. The van der Waals surface area contributed by atoms with Crippen LogP contribution < -0.4 is 49.1 Å². The average molecular weight is 836 g/mol. The van der Waals surface area contributed by atoms with E-state index in [1.165, 1.54) is 6.92 Å². The normalized spacial score (nSPS) is 15.7. The minimum absolute atomic E-state index is 0.0491. The average Bonchev–Trinajstić information content (AvgIpc) is 3.13. The van der Waals surface area contributed by atoms with Gasteiger partial charge in [0.05, 0.1) is 12.5 Å². The van der Waals surface area contributed by atoms with Crippen molar-refractivity contribution in [1.29, 1.82) is 0 Å². The van der Waals surface area contributed by atoms with E-state index in [0.717, 1.165) is 0 Å². The molecule has 9 atom stereocenters. The number of hydrogen-bond donors (Lipinski definition) is 14. The lowest BCUT2D eigenvalue weighted by atomic mass is 9.97. The Morgan fingerprint density at radius 3 is 1.40 bits per heavy atom. The molecule has 57 heavy (non-hydrogen) atoms. The van der Waals surface area contributed by atoms with Crippen LogP contribution in [0.25, 0.3) is 0 Å². The number of aliphatic carboxylic acids is 3. The Hall–Kier alpha value is -5.07. The third-order valence-electron chi connectivity index (χ3n) is 8.59. The van der Waals surface area contributed by atoms with Crippen molar-refractivity contribution in [2.45, 2.75) is 127 Å². The van der Waals surface area contributed by atoms with E-state index in [1.54, 1.807) is 13.8 Å². The van der Waals surface area contributed by atoms with Gasteiger partial charge in [0.2, 0.25) is 41.4 Å². The Bertz CT molecular complexity index is 1440. The summed E-state index contributed by atoms with van der Waals surface area (Å²) in [7, 11) is 0. The van der Waals surface area contributed by atoms with Crippen molar-refractivity contribution in [2.75, 3.05) is 12.3 Å². The van der Waals surface area contributed by atoms with Gasteiger partial charge < -0.3 is 69.5 Å².